The van der Waals surface area contributed by atoms with Gasteiger partial charge in [0.15, 0.2) is 11.2 Å². The molecular weight excluding hydrogens is 282 g/mol. The van der Waals surface area contributed by atoms with Crippen molar-refractivity contribution in [3.05, 3.63) is 27.2 Å². The molecule has 1 fully saturated rings. The smallest absolute Gasteiger partial charge is 0.328 e. The van der Waals surface area contributed by atoms with Gasteiger partial charge in [-0.25, -0.2) is 9.78 Å². The van der Waals surface area contributed by atoms with Gasteiger partial charge in [-0.3, -0.25) is 13.9 Å². The van der Waals surface area contributed by atoms with Gasteiger partial charge >= 0.3 is 5.69 Å². The van der Waals surface area contributed by atoms with E-state index in [0.29, 0.717) is 17.7 Å². The summed E-state index contributed by atoms with van der Waals surface area (Å²) >= 11 is 0. The van der Waals surface area contributed by atoms with Crippen molar-refractivity contribution in [2.45, 2.75) is 45.2 Å². The van der Waals surface area contributed by atoms with Crippen LogP contribution in [0.3, 0.4) is 0 Å². The zero-order chi connectivity index (χ0) is 15.7. The molecule has 2 aromatic rings. The number of nitrogens with one attached hydrogen (secondary N) is 1. The Morgan fingerprint density at radius 1 is 1.32 bits per heavy atom. The van der Waals surface area contributed by atoms with E-state index in [1.54, 1.807) is 22.5 Å². The van der Waals surface area contributed by atoms with Gasteiger partial charge < -0.3 is 9.88 Å². The van der Waals surface area contributed by atoms with Gasteiger partial charge in [-0.05, 0) is 32.4 Å². The predicted octanol–water partition coefficient (Wildman–Crippen LogP) is 0.621. The lowest BCUT2D eigenvalue weighted by Crippen LogP contribution is -2.45. The lowest BCUT2D eigenvalue weighted by atomic mass is 10.1. The zero-order valence-corrected chi connectivity index (χ0v) is 13.2. The van der Waals surface area contributed by atoms with E-state index in [9.17, 15) is 9.59 Å². The zero-order valence-electron chi connectivity index (χ0n) is 13.2. The second kappa shape index (κ2) is 6.08. The van der Waals surface area contributed by atoms with Gasteiger partial charge in [-0.2, -0.15) is 0 Å². The molecule has 1 saturated heterocycles. The Hall–Kier alpha value is -1.89. The molecule has 0 spiro atoms. The topological polar surface area (TPSA) is 73.8 Å². The molecule has 0 radical (unpaired) electrons. The molecule has 0 aromatic carbocycles. The van der Waals surface area contributed by atoms with Crippen LogP contribution in [0.4, 0.5) is 0 Å². The minimum atomic E-state index is -0.212. The van der Waals surface area contributed by atoms with Crippen LogP contribution in [0.1, 0.15) is 38.6 Å². The first-order chi connectivity index (χ1) is 10.6. The molecule has 7 nitrogen and oxygen atoms in total. The van der Waals surface area contributed by atoms with Crippen molar-refractivity contribution in [2.75, 3.05) is 13.1 Å². The Morgan fingerprint density at radius 3 is 2.73 bits per heavy atom. The van der Waals surface area contributed by atoms with Crippen LogP contribution in [0.2, 0.25) is 0 Å². The fourth-order valence-corrected chi connectivity index (χ4v) is 3.19. The van der Waals surface area contributed by atoms with Crippen LogP contribution in [-0.4, -0.2) is 31.8 Å². The van der Waals surface area contributed by atoms with Crippen LogP contribution in [0, 0.1) is 0 Å². The van der Waals surface area contributed by atoms with Gasteiger partial charge in [0.2, 0.25) is 0 Å². The minimum absolute atomic E-state index is 0.0200. The molecule has 0 bridgehead atoms. The third-order valence-electron chi connectivity index (χ3n) is 4.44. The monoisotopic (exact) mass is 305 g/mol. The Labute approximate surface area is 128 Å². The first-order valence-electron chi connectivity index (χ1n) is 8.02. The van der Waals surface area contributed by atoms with Crippen LogP contribution in [0.5, 0.6) is 0 Å². The number of hydrogen-bond donors (Lipinski definition) is 1. The summed E-state index contributed by atoms with van der Waals surface area (Å²) in [4.78, 5) is 30.0. The molecule has 0 amide bonds. The highest BCUT2D eigenvalue weighted by Crippen LogP contribution is 2.16. The van der Waals surface area contributed by atoms with Gasteiger partial charge in [0.25, 0.3) is 5.56 Å². The van der Waals surface area contributed by atoms with E-state index in [2.05, 4.69) is 17.2 Å². The lowest BCUT2D eigenvalue weighted by Gasteiger charge is -2.25. The molecule has 3 rings (SSSR count). The standard InChI is InChI=1S/C15H23N5O2/c1-3-4-9-19-13-12(18(2)10-17-13)14(21)20(15(19)22)11-5-7-16-8-6-11/h10-11,16H,3-9H2,1-2H3. The summed E-state index contributed by atoms with van der Waals surface area (Å²) in [7, 11) is 1.80. The molecular formula is C15H23N5O2. The van der Waals surface area contributed by atoms with Crippen molar-refractivity contribution in [3.63, 3.8) is 0 Å². The summed E-state index contributed by atoms with van der Waals surface area (Å²) in [6.45, 7) is 4.38. The second-order valence-electron chi connectivity index (χ2n) is 5.97. The molecule has 0 unspecified atom stereocenters. The number of aryl methyl sites for hydroxylation is 2. The molecule has 3 heterocycles. The van der Waals surface area contributed by atoms with Crippen molar-refractivity contribution in [1.29, 1.82) is 0 Å². The number of hydrogen-bond acceptors (Lipinski definition) is 4. The largest absolute Gasteiger partial charge is 0.333 e. The highest BCUT2D eigenvalue weighted by Gasteiger charge is 2.23. The molecule has 120 valence electrons. The summed E-state index contributed by atoms with van der Waals surface area (Å²) in [5.74, 6) is 0. The molecule has 0 saturated carbocycles. The van der Waals surface area contributed by atoms with E-state index in [1.807, 2.05) is 0 Å². The second-order valence-corrected chi connectivity index (χ2v) is 5.97. The Balaban J connectivity index is 2.24. The lowest BCUT2D eigenvalue weighted by molar-refractivity contribution is 0.344. The van der Waals surface area contributed by atoms with Gasteiger partial charge in [0.05, 0.1) is 6.33 Å². The first kappa shape index (κ1) is 15.0. The third-order valence-corrected chi connectivity index (χ3v) is 4.44. The fraction of sp³-hybridized carbons (Fsp3) is 0.667. The van der Waals surface area contributed by atoms with Crippen molar-refractivity contribution >= 4 is 11.2 Å². The molecule has 1 aliphatic rings. The van der Waals surface area contributed by atoms with E-state index in [0.717, 1.165) is 38.8 Å². The quantitative estimate of drug-likeness (QED) is 0.899. The van der Waals surface area contributed by atoms with Crippen LogP contribution in [0.15, 0.2) is 15.9 Å². The van der Waals surface area contributed by atoms with E-state index in [4.69, 9.17) is 0 Å². The average molecular weight is 305 g/mol. The summed E-state index contributed by atoms with van der Waals surface area (Å²) in [6, 6.07) is -0.0200. The minimum Gasteiger partial charge on any atom is -0.328 e. The number of unbranched alkanes of at least 4 members (excludes halogenated alkanes) is 1. The average Bonchev–Trinajstić information content (AvgIpc) is 2.90. The normalized spacial score (nSPS) is 16.5. The highest BCUT2D eigenvalue weighted by molar-refractivity contribution is 5.69. The maximum atomic E-state index is 12.9. The number of piperidine rings is 1. The first-order valence-corrected chi connectivity index (χ1v) is 8.02. The third kappa shape index (κ3) is 2.39. The van der Waals surface area contributed by atoms with Crippen LogP contribution < -0.4 is 16.6 Å². The summed E-state index contributed by atoms with van der Waals surface area (Å²) in [5.41, 5.74) is 0.613. The number of imidazole rings is 1. The maximum Gasteiger partial charge on any atom is 0.333 e. The highest BCUT2D eigenvalue weighted by atomic mass is 16.2. The van der Waals surface area contributed by atoms with Crippen molar-refractivity contribution in [3.8, 4) is 0 Å². The van der Waals surface area contributed by atoms with Crippen LogP contribution >= 0.6 is 0 Å². The number of fused-ring (bicyclic) bond motifs is 1. The predicted molar refractivity (Wildman–Crippen MR) is 85.3 cm³/mol. The number of nitrogens with zero attached hydrogens (tertiary/aromatic N) is 4. The van der Waals surface area contributed by atoms with E-state index in [1.165, 1.54) is 4.57 Å². The van der Waals surface area contributed by atoms with Gasteiger partial charge in [-0.15, -0.1) is 0 Å². The van der Waals surface area contributed by atoms with Crippen LogP contribution in [-0.2, 0) is 13.6 Å². The van der Waals surface area contributed by atoms with Crippen molar-refractivity contribution < 1.29 is 0 Å². The van der Waals surface area contributed by atoms with E-state index < -0.39 is 0 Å². The van der Waals surface area contributed by atoms with Gasteiger partial charge in [-0.1, -0.05) is 13.3 Å². The van der Waals surface area contributed by atoms with Crippen molar-refractivity contribution in [2.24, 2.45) is 7.05 Å². The summed E-state index contributed by atoms with van der Waals surface area (Å²) in [6.07, 6.45) is 5.13. The molecule has 0 atom stereocenters. The Kier molecular flexibility index (Phi) is 4.15. The Morgan fingerprint density at radius 2 is 2.05 bits per heavy atom. The van der Waals surface area contributed by atoms with E-state index >= 15 is 0 Å². The fourth-order valence-electron chi connectivity index (χ4n) is 3.19. The molecule has 2 aromatic heterocycles. The van der Waals surface area contributed by atoms with Crippen molar-refractivity contribution in [1.82, 2.24) is 24.0 Å². The van der Waals surface area contributed by atoms with Crippen LogP contribution in [0.25, 0.3) is 11.2 Å². The SMILES string of the molecule is CCCCn1c(=O)n(C2CCNCC2)c(=O)c2c1ncn2C. The summed E-state index contributed by atoms with van der Waals surface area (Å²) < 4.78 is 4.85. The van der Waals surface area contributed by atoms with E-state index in [-0.39, 0.29) is 17.3 Å². The molecule has 22 heavy (non-hydrogen) atoms. The number of aromatic nitrogens is 4. The molecule has 1 aliphatic heterocycles. The van der Waals surface area contributed by atoms with Gasteiger partial charge in [0.1, 0.15) is 0 Å². The molecule has 1 N–H and O–H groups in total. The summed E-state index contributed by atoms with van der Waals surface area (Å²) in [5, 5.41) is 3.27. The van der Waals surface area contributed by atoms with Gasteiger partial charge in [0, 0.05) is 19.6 Å². The Bertz CT molecular complexity index is 780. The molecule has 7 heteroatoms. The maximum absolute atomic E-state index is 12.9. The molecule has 0 aliphatic carbocycles. The number of rotatable bonds is 4.